The third kappa shape index (κ3) is 6.03. The van der Waals surface area contributed by atoms with Gasteiger partial charge in [0, 0.05) is 13.1 Å². The zero-order valence-corrected chi connectivity index (χ0v) is 11.1. The summed E-state index contributed by atoms with van der Waals surface area (Å²) in [6, 6.07) is 0. The van der Waals surface area contributed by atoms with E-state index in [1.807, 2.05) is 6.92 Å². The predicted octanol–water partition coefficient (Wildman–Crippen LogP) is 1.45. The van der Waals surface area contributed by atoms with Gasteiger partial charge < -0.3 is 15.4 Å². The van der Waals surface area contributed by atoms with Gasteiger partial charge in [0.25, 0.3) is 0 Å². The largest absolute Gasteiger partial charge is 0.364 e. The molecule has 1 aliphatic heterocycles. The van der Waals surface area contributed by atoms with Crippen LogP contribution in [0.15, 0.2) is 0 Å². The lowest BCUT2D eigenvalue weighted by molar-refractivity contribution is -0.135. The molecule has 17 heavy (non-hydrogen) atoms. The van der Waals surface area contributed by atoms with E-state index in [0.717, 1.165) is 38.9 Å². The molecule has 0 aromatic rings. The minimum Gasteiger partial charge on any atom is -0.364 e. The van der Waals surface area contributed by atoms with Crippen molar-refractivity contribution in [2.45, 2.75) is 58.2 Å². The van der Waals surface area contributed by atoms with Crippen molar-refractivity contribution >= 4 is 5.91 Å². The highest BCUT2D eigenvalue weighted by Gasteiger charge is 2.20. The van der Waals surface area contributed by atoms with E-state index < -0.39 is 0 Å². The van der Waals surface area contributed by atoms with Gasteiger partial charge in [0.2, 0.25) is 5.91 Å². The Balaban J connectivity index is 2.12. The maximum atomic E-state index is 11.7. The number of piperidine rings is 1. The smallest absolute Gasteiger partial charge is 0.248 e. The molecule has 2 N–H and O–H groups in total. The van der Waals surface area contributed by atoms with Crippen molar-refractivity contribution in [3.63, 3.8) is 0 Å². The van der Waals surface area contributed by atoms with Crippen LogP contribution in [0.1, 0.15) is 46.0 Å². The molecule has 100 valence electrons. The number of hydrogen-bond donors (Lipinski definition) is 2. The van der Waals surface area contributed by atoms with E-state index in [1.54, 1.807) is 0 Å². The summed E-state index contributed by atoms with van der Waals surface area (Å²) in [5, 5.41) is 6.20. The first-order valence-corrected chi connectivity index (χ1v) is 6.88. The molecule has 0 saturated carbocycles. The molecule has 0 aromatic carbocycles. The minimum absolute atomic E-state index is 0.0201. The molecule has 1 amide bonds. The Morgan fingerprint density at radius 3 is 3.00 bits per heavy atom. The quantitative estimate of drug-likeness (QED) is 0.664. The van der Waals surface area contributed by atoms with Crippen molar-refractivity contribution < 1.29 is 9.53 Å². The van der Waals surface area contributed by atoms with Crippen LogP contribution in [0.3, 0.4) is 0 Å². The van der Waals surface area contributed by atoms with Crippen molar-refractivity contribution in [2.75, 3.05) is 19.6 Å². The summed E-state index contributed by atoms with van der Waals surface area (Å²) in [6.07, 6.45) is 5.45. The molecule has 0 spiro atoms. The van der Waals surface area contributed by atoms with Gasteiger partial charge in [-0.25, -0.2) is 0 Å². The van der Waals surface area contributed by atoms with Crippen LogP contribution in [0.4, 0.5) is 0 Å². The van der Waals surface area contributed by atoms with Gasteiger partial charge in [0.1, 0.15) is 6.10 Å². The Morgan fingerprint density at radius 1 is 1.53 bits per heavy atom. The fourth-order valence-electron chi connectivity index (χ4n) is 2.02. The zero-order chi connectivity index (χ0) is 12.5. The van der Waals surface area contributed by atoms with E-state index in [-0.39, 0.29) is 18.1 Å². The zero-order valence-electron chi connectivity index (χ0n) is 11.1. The second-order valence-electron chi connectivity index (χ2n) is 4.74. The number of carbonyl (C=O) groups excluding carboxylic acids is 1. The molecule has 4 nitrogen and oxygen atoms in total. The average Bonchev–Trinajstić information content (AvgIpc) is 2.35. The number of carbonyl (C=O) groups is 1. The molecule has 1 fully saturated rings. The van der Waals surface area contributed by atoms with Crippen LogP contribution >= 0.6 is 0 Å². The van der Waals surface area contributed by atoms with Crippen molar-refractivity contribution in [1.82, 2.24) is 10.6 Å². The van der Waals surface area contributed by atoms with E-state index in [9.17, 15) is 4.79 Å². The van der Waals surface area contributed by atoms with Gasteiger partial charge in [0.05, 0.1) is 6.10 Å². The van der Waals surface area contributed by atoms with E-state index in [0.29, 0.717) is 0 Å². The maximum absolute atomic E-state index is 11.7. The molecule has 2 atom stereocenters. The summed E-state index contributed by atoms with van der Waals surface area (Å²) in [7, 11) is 0. The van der Waals surface area contributed by atoms with E-state index >= 15 is 0 Å². The molecule has 1 saturated heterocycles. The lowest BCUT2D eigenvalue weighted by atomic mass is 10.1. The maximum Gasteiger partial charge on any atom is 0.248 e. The van der Waals surface area contributed by atoms with E-state index in [4.69, 9.17) is 4.74 Å². The number of nitrogens with one attached hydrogen (secondary N) is 2. The molecule has 1 aliphatic rings. The Labute approximate surface area is 104 Å². The third-order valence-corrected chi connectivity index (χ3v) is 3.10. The molecule has 0 bridgehead atoms. The number of amides is 1. The van der Waals surface area contributed by atoms with Crippen LogP contribution in [0, 0.1) is 0 Å². The molecule has 2 unspecified atom stereocenters. The number of unbranched alkanes of at least 4 members (excludes halogenated alkanes) is 2. The normalized spacial score (nSPS) is 22.1. The number of rotatable bonds is 7. The Bertz CT molecular complexity index is 215. The minimum atomic E-state index is -0.332. The first-order valence-electron chi connectivity index (χ1n) is 6.88. The van der Waals surface area contributed by atoms with Crippen LogP contribution in [-0.2, 0) is 9.53 Å². The number of ether oxygens (including phenoxy) is 1. The number of hydrogen-bond acceptors (Lipinski definition) is 3. The second kappa shape index (κ2) is 8.48. The first kappa shape index (κ1) is 14.5. The highest BCUT2D eigenvalue weighted by molar-refractivity contribution is 5.80. The Kier molecular flexibility index (Phi) is 7.21. The molecule has 0 aromatic heterocycles. The van der Waals surface area contributed by atoms with Crippen LogP contribution in [-0.4, -0.2) is 37.7 Å². The van der Waals surface area contributed by atoms with Crippen molar-refractivity contribution in [3.05, 3.63) is 0 Å². The van der Waals surface area contributed by atoms with E-state index in [1.165, 1.54) is 12.8 Å². The highest BCUT2D eigenvalue weighted by atomic mass is 16.5. The summed E-state index contributed by atoms with van der Waals surface area (Å²) in [6.45, 7) is 6.70. The second-order valence-corrected chi connectivity index (χ2v) is 4.74. The molecule has 1 rings (SSSR count). The topological polar surface area (TPSA) is 50.4 Å². The summed E-state index contributed by atoms with van der Waals surface area (Å²) < 4.78 is 5.74. The SMILES string of the molecule is CCCCCNC(=O)C(C)OC1CCCNC1. The summed E-state index contributed by atoms with van der Waals surface area (Å²) in [5.74, 6) is 0.0201. The van der Waals surface area contributed by atoms with Gasteiger partial charge in [0.15, 0.2) is 0 Å². The first-order chi connectivity index (χ1) is 8.24. The van der Waals surface area contributed by atoms with Gasteiger partial charge in [-0.05, 0) is 32.7 Å². The van der Waals surface area contributed by atoms with Gasteiger partial charge >= 0.3 is 0 Å². The Hall–Kier alpha value is -0.610. The molecule has 4 heteroatoms. The van der Waals surface area contributed by atoms with Crippen LogP contribution in [0.5, 0.6) is 0 Å². The van der Waals surface area contributed by atoms with Crippen molar-refractivity contribution in [2.24, 2.45) is 0 Å². The molecule has 0 aliphatic carbocycles. The van der Waals surface area contributed by atoms with Gasteiger partial charge in [-0.1, -0.05) is 19.8 Å². The summed E-state index contributed by atoms with van der Waals surface area (Å²) in [5.41, 5.74) is 0. The fourth-order valence-corrected chi connectivity index (χ4v) is 2.02. The van der Waals surface area contributed by atoms with Gasteiger partial charge in [-0.2, -0.15) is 0 Å². The predicted molar refractivity (Wildman–Crippen MR) is 69.0 cm³/mol. The van der Waals surface area contributed by atoms with E-state index in [2.05, 4.69) is 17.6 Å². The van der Waals surface area contributed by atoms with Crippen LogP contribution < -0.4 is 10.6 Å². The summed E-state index contributed by atoms with van der Waals surface area (Å²) in [4.78, 5) is 11.7. The molecular formula is C13H26N2O2. The highest BCUT2D eigenvalue weighted by Crippen LogP contribution is 2.08. The fraction of sp³-hybridized carbons (Fsp3) is 0.923. The molecular weight excluding hydrogens is 216 g/mol. The van der Waals surface area contributed by atoms with Crippen molar-refractivity contribution in [3.8, 4) is 0 Å². The van der Waals surface area contributed by atoms with Crippen molar-refractivity contribution in [1.29, 1.82) is 0 Å². The summed E-state index contributed by atoms with van der Waals surface area (Å²) >= 11 is 0. The standard InChI is InChI=1S/C13H26N2O2/c1-3-4-5-9-15-13(16)11(2)17-12-7-6-8-14-10-12/h11-12,14H,3-10H2,1-2H3,(H,15,16). The molecule has 1 heterocycles. The monoisotopic (exact) mass is 242 g/mol. The Morgan fingerprint density at radius 2 is 2.35 bits per heavy atom. The third-order valence-electron chi connectivity index (χ3n) is 3.10. The van der Waals surface area contributed by atoms with Crippen LogP contribution in [0.2, 0.25) is 0 Å². The average molecular weight is 242 g/mol. The molecule has 0 radical (unpaired) electrons. The lowest BCUT2D eigenvalue weighted by Crippen LogP contribution is -2.42. The lowest BCUT2D eigenvalue weighted by Gasteiger charge is -2.25. The van der Waals surface area contributed by atoms with Gasteiger partial charge in [-0.3, -0.25) is 4.79 Å². The van der Waals surface area contributed by atoms with Gasteiger partial charge in [-0.15, -0.1) is 0 Å². The van der Waals surface area contributed by atoms with Crippen LogP contribution in [0.25, 0.3) is 0 Å².